The third-order valence-electron chi connectivity index (χ3n) is 4.91. The number of methoxy groups -OCH3 is 1. The van der Waals surface area contributed by atoms with Crippen LogP contribution in [0, 0.1) is 0 Å². The molecule has 2 aromatic heterocycles. The molecule has 4 nitrogen and oxygen atoms in total. The number of aromatic amines is 1. The van der Waals surface area contributed by atoms with Crippen LogP contribution >= 0.6 is 11.3 Å². The maximum Gasteiger partial charge on any atom is 0.224 e. The molecule has 0 bridgehead atoms. The van der Waals surface area contributed by atoms with Gasteiger partial charge in [0.2, 0.25) is 5.91 Å². The smallest absolute Gasteiger partial charge is 0.224 e. The Morgan fingerprint density at radius 1 is 1.11 bits per heavy atom. The number of ether oxygens (including phenoxy) is 1. The molecule has 0 saturated heterocycles. The average Bonchev–Trinajstić information content (AvgIpc) is 3.40. The fourth-order valence-electron chi connectivity index (χ4n) is 3.44. The van der Waals surface area contributed by atoms with Crippen molar-refractivity contribution < 1.29 is 9.53 Å². The summed E-state index contributed by atoms with van der Waals surface area (Å²) in [7, 11) is 1.64. The van der Waals surface area contributed by atoms with Gasteiger partial charge in [-0.2, -0.15) is 0 Å². The molecule has 1 atom stereocenters. The number of H-pyrrole nitrogens is 1. The van der Waals surface area contributed by atoms with Crippen LogP contribution in [0.2, 0.25) is 0 Å². The van der Waals surface area contributed by atoms with Crippen molar-refractivity contribution in [3.05, 3.63) is 88.2 Å². The fourth-order valence-corrected chi connectivity index (χ4v) is 4.29. The van der Waals surface area contributed by atoms with Crippen molar-refractivity contribution in [1.29, 1.82) is 0 Å². The minimum Gasteiger partial charge on any atom is -0.497 e. The van der Waals surface area contributed by atoms with Gasteiger partial charge in [0.15, 0.2) is 0 Å². The highest BCUT2D eigenvalue weighted by atomic mass is 32.1. The zero-order valence-electron chi connectivity index (χ0n) is 15.6. The predicted molar refractivity (Wildman–Crippen MR) is 114 cm³/mol. The van der Waals surface area contributed by atoms with E-state index in [0.717, 1.165) is 16.8 Å². The Hall–Kier alpha value is -3.05. The van der Waals surface area contributed by atoms with Crippen LogP contribution in [0.5, 0.6) is 5.75 Å². The molecule has 0 fully saturated rings. The number of amides is 1. The van der Waals surface area contributed by atoms with Crippen LogP contribution in [0.3, 0.4) is 0 Å². The number of nitrogens with one attached hydrogen (secondary N) is 2. The van der Waals surface area contributed by atoms with E-state index in [-0.39, 0.29) is 11.8 Å². The molecule has 0 radical (unpaired) electrons. The molecular weight excluding hydrogens is 368 g/mol. The van der Waals surface area contributed by atoms with Gasteiger partial charge in [0.05, 0.1) is 13.5 Å². The Bertz CT molecular complexity index is 1050. The first-order valence-electron chi connectivity index (χ1n) is 9.23. The highest BCUT2D eigenvalue weighted by molar-refractivity contribution is 7.10. The average molecular weight is 391 g/mol. The van der Waals surface area contributed by atoms with E-state index in [0.29, 0.717) is 13.0 Å². The Labute approximate surface area is 168 Å². The Morgan fingerprint density at radius 2 is 1.93 bits per heavy atom. The number of para-hydroxylation sites is 1. The summed E-state index contributed by atoms with van der Waals surface area (Å²) in [4.78, 5) is 17.1. The summed E-state index contributed by atoms with van der Waals surface area (Å²) in [5.41, 5.74) is 3.30. The molecule has 1 unspecified atom stereocenters. The number of aromatic nitrogens is 1. The van der Waals surface area contributed by atoms with Gasteiger partial charge in [-0.1, -0.05) is 36.4 Å². The van der Waals surface area contributed by atoms with Crippen molar-refractivity contribution in [2.45, 2.75) is 12.3 Å². The van der Waals surface area contributed by atoms with E-state index >= 15 is 0 Å². The van der Waals surface area contributed by atoms with Gasteiger partial charge >= 0.3 is 0 Å². The molecule has 28 heavy (non-hydrogen) atoms. The van der Waals surface area contributed by atoms with Crippen molar-refractivity contribution in [2.75, 3.05) is 13.7 Å². The summed E-state index contributed by atoms with van der Waals surface area (Å²) in [6, 6.07) is 20.1. The summed E-state index contributed by atoms with van der Waals surface area (Å²) in [6.45, 7) is 0.567. The second-order valence-corrected chi connectivity index (χ2v) is 7.67. The lowest BCUT2D eigenvalue weighted by atomic mass is 9.96. The Balaban J connectivity index is 1.49. The van der Waals surface area contributed by atoms with E-state index in [4.69, 9.17) is 4.74 Å². The van der Waals surface area contributed by atoms with Gasteiger partial charge in [-0.15, -0.1) is 11.3 Å². The number of hydrogen-bond donors (Lipinski definition) is 2. The molecule has 2 heterocycles. The van der Waals surface area contributed by atoms with Crippen LogP contribution in [0.1, 0.15) is 21.9 Å². The lowest BCUT2D eigenvalue weighted by Crippen LogP contribution is -2.29. The number of fused-ring (bicyclic) bond motifs is 1. The number of carbonyl (C=O) groups is 1. The molecule has 142 valence electrons. The molecule has 0 aliphatic carbocycles. The van der Waals surface area contributed by atoms with Crippen molar-refractivity contribution in [3.63, 3.8) is 0 Å². The molecule has 5 heteroatoms. The van der Waals surface area contributed by atoms with Crippen LogP contribution in [-0.2, 0) is 11.2 Å². The van der Waals surface area contributed by atoms with Gasteiger partial charge in [0, 0.05) is 34.4 Å². The summed E-state index contributed by atoms with van der Waals surface area (Å²) >= 11 is 1.72. The van der Waals surface area contributed by atoms with E-state index in [2.05, 4.69) is 46.1 Å². The third-order valence-corrected chi connectivity index (χ3v) is 5.90. The molecule has 2 N–H and O–H groups in total. The van der Waals surface area contributed by atoms with E-state index in [9.17, 15) is 4.79 Å². The summed E-state index contributed by atoms with van der Waals surface area (Å²) in [5, 5.41) is 6.40. The Morgan fingerprint density at radius 3 is 2.68 bits per heavy atom. The maximum absolute atomic E-state index is 12.5. The Kier molecular flexibility index (Phi) is 5.44. The first-order chi connectivity index (χ1) is 13.7. The summed E-state index contributed by atoms with van der Waals surface area (Å²) in [5.74, 6) is 0.934. The number of thiophene rings is 1. The molecule has 0 aliphatic heterocycles. The monoisotopic (exact) mass is 390 g/mol. The quantitative estimate of drug-likeness (QED) is 0.479. The lowest BCUT2D eigenvalue weighted by Gasteiger charge is -2.16. The second kappa shape index (κ2) is 8.31. The van der Waals surface area contributed by atoms with Gasteiger partial charge in [0.25, 0.3) is 0 Å². The van der Waals surface area contributed by atoms with Crippen LogP contribution < -0.4 is 10.1 Å². The molecule has 4 aromatic rings. The minimum absolute atomic E-state index is 0.0200. The standard InChI is InChI=1S/C23H22N2O2S/c1-27-17-10-8-16(9-11-17)13-23(26)25-15-20(22-7-4-12-28-22)19-14-24-21-6-3-2-5-18(19)21/h2-12,14,20,24H,13,15H2,1H3,(H,25,26). The maximum atomic E-state index is 12.5. The normalized spacial score (nSPS) is 12.0. The van der Waals surface area contributed by atoms with Crippen LogP contribution in [0.4, 0.5) is 0 Å². The summed E-state index contributed by atoms with van der Waals surface area (Å²) < 4.78 is 5.17. The van der Waals surface area contributed by atoms with Gasteiger partial charge in [-0.25, -0.2) is 0 Å². The van der Waals surface area contributed by atoms with Gasteiger partial charge in [-0.05, 0) is 40.8 Å². The topological polar surface area (TPSA) is 54.1 Å². The zero-order valence-corrected chi connectivity index (χ0v) is 16.5. The predicted octanol–water partition coefficient (Wildman–Crippen LogP) is 4.73. The van der Waals surface area contributed by atoms with Gasteiger partial charge < -0.3 is 15.0 Å². The molecule has 0 aliphatic rings. The SMILES string of the molecule is COc1ccc(CC(=O)NCC(c2cccs2)c2c[nH]c3ccccc23)cc1. The molecule has 4 rings (SSSR count). The van der Waals surface area contributed by atoms with Crippen molar-refractivity contribution in [1.82, 2.24) is 10.3 Å². The van der Waals surface area contributed by atoms with Crippen molar-refractivity contribution in [2.24, 2.45) is 0 Å². The van der Waals surface area contributed by atoms with Crippen molar-refractivity contribution in [3.8, 4) is 5.75 Å². The number of carbonyl (C=O) groups excluding carboxylic acids is 1. The minimum atomic E-state index is 0.0200. The number of hydrogen-bond acceptors (Lipinski definition) is 3. The van der Waals surface area contributed by atoms with Crippen LogP contribution in [-0.4, -0.2) is 24.5 Å². The van der Waals surface area contributed by atoms with Gasteiger partial charge in [0.1, 0.15) is 5.75 Å². The van der Waals surface area contributed by atoms with E-state index in [1.807, 2.05) is 36.4 Å². The van der Waals surface area contributed by atoms with E-state index < -0.39 is 0 Å². The lowest BCUT2D eigenvalue weighted by molar-refractivity contribution is -0.120. The summed E-state index contributed by atoms with van der Waals surface area (Å²) in [6.07, 6.45) is 2.42. The number of rotatable bonds is 7. The first-order valence-corrected chi connectivity index (χ1v) is 10.1. The van der Waals surface area contributed by atoms with Crippen LogP contribution in [0.25, 0.3) is 10.9 Å². The van der Waals surface area contributed by atoms with E-state index in [1.54, 1.807) is 18.4 Å². The molecule has 2 aromatic carbocycles. The van der Waals surface area contributed by atoms with E-state index in [1.165, 1.54) is 15.8 Å². The zero-order chi connectivity index (χ0) is 19.3. The highest BCUT2D eigenvalue weighted by Gasteiger charge is 2.20. The van der Waals surface area contributed by atoms with Crippen molar-refractivity contribution >= 4 is 28.1 Å². The molecular formula is C23H22N2O2S. The second-order valence-electron chi connectivity index (χ2n) is 6.69. The fraction of sp³-hybridized carbons (Fsp3) is 0.174. The largest absolute Gasteiger partial charge is 0.497 e. The molecule has 0 spiro atoms. The molecule has 1 amide bonds. The number of benzene rings is 2. The third kappa shape index (κ3) is 3.94. The molecule has 0 saturated carbocycles. The van der Waals surface area contributed by atoms with Crippen LogP contribution in [0.15, 0.2) is 72.2 Å². The highest BCUT2D eigenvalue weighted by Crippen LogP contribution is 2.32. The first kappa shape index (κ1) is 18.3. The van der Waals surface area contributed by atoms with Gasteiger partial charge in [-0.3, -0.25) is 4.79 Å².